The van der Waals surface area contributed by atoms with Gasteiger partial charge in [0.05, 0.1) is 33.4 Å². The number of hydrogen-bond acceptors (Lipinski definition) is 16. The maximum Gasteiger partial charge on any atom is 0.159 e. The van der Waals surface area contributed by atoms with Crippen LogP contribution < -0.4 is 0 Å². The van der Waals surface area contributed by atoms with Gasteiger partial charge in [-0.1, -0.05) is 77.9 Å². The lowest BCUT2D eigenvalue weighted by atomic mass is 9.48. The molecule has 4 aromatic carbocycles. The van der Waals surface area contributed by atoms with Gasteiger partial charge in [0.2, 0.25) is 0 Å². The highest BCUT2D eigenvalue weighted by molar-refractivity contribution is 5.86. The van der Waals surface area contributed by atoms with Crippen LogP contribution in [-0.2, 0) is 45.4 Å². The summed E-state index contributed by atoms with van der Waals surface area (Å²) in [7, 11) is 0. The summed E-state index contributed by atoms with van der Waals surface area (Å²) < 4.78 is 44.1. The minimum atomic E-state index is -0.434. The Balaban J connectivity index is 0.000000108. The normalized spacial score (nSPS) is 41.9. The Kier molecular flexibility index (Phi) is 25.4. The van der Waals surface area contributed by atoms with Crippen molar-refractivity contribution in [1.29, 1.82) is 0 Å². The predicted molar refractivity (Wildman–Crippen MR) is 513 cm³/mol. The van der Waals surface area contributed by atoms with Crippen LogP contribution >= 0.6 is 0 Å². The van der Waals surface area contributed by atoms with Crippen LogP contribution in [0.15, 0.2) is 78.9 Å². The van der Waals surface area contributed by atoms with E-state index in [-0.39, 0.29) is 99.8 Å². The van der Waals surface area contributed by atoms with E-state index in [9.17, 15) is 52.8 Å². The van der Waals surface area contributed by atoms with Crippen LogP contribution in [0.5, 0.6) is 0 Å². The van der Waals surface area contributed by atoms with E-state index in [1.807, 2.05) is 24.3 Å². The zero-order valence-corrected chi connectivity index (χ0v) is 81.9. The summed E-state index contributed by atoms with van der Waals surface area (Å²) in [5, 5.41) is 78.1. The van der Waals surface area contributed by atoms with Crippen molar-refractivity contribution in [3.63, 3.8) is 0 Å². The predicted octanol–water partition coefficient (Wildman–Crippen LogP) is 22.1. The number of ketones is 4. The first-order valence-electron chi connectivity index (χ1n) is 54.1. The second-order valence-corrected chi connectivity index (χ2v) is 48.9. The molecule has 20 nitrogen and oxygen atoms in total. The molecule has 4 aromatic heterocycles. The molecule has 0 bridgehead atoms. The molecule has 0 unspecified atom stereocenters. The van der Waals surface area contributed by atoms with Crippen molar-refractivity contribution in [2.45, 2.75) is 361 Å². The maximum atomic E-state index is 13.8. The highest BCUT2D eigenvalue weighted by atomic mass is 19.1. The Morgan fingerprint density at radius 1 is 0.304 bits per heavy atom. The number of hydrogen-bond donors (Lipinski definition) is 4. The van der Waals surface area contributed by atoms with Crippen LogP contribution in [0.1, 0.15) is 312 Å². The van der Waals surface area contributed by atoms with E-state index in [1.165, 1.54) is 157 Å². The summed E-state index contributed by atoms with van der Waals surface area (Å²) in [4.78, 5) is 57.3. The van der Waals surface area contributed by atoms with Gasteiger partial charge in [0.15, 0.2) is 23.1 Å². The first kappa shape index (κ1) is 94.1. The zero-order valence-electron chi connectivity index (χ0n) is 81.9. The molecular weight excluding hydrogens is 1700 g/mol. The van der Waals surface area contributed by atoms with Crippen LogP contribution in [-0.4, -0.2) is 126 Å². The molecule has 16 aliphatic carbocycles. The molecule has 0 aliphatic heterocycles. The van der Waals surface area contributed by atoms with E-state index in [0.717, 1.165) is 229 Å². The van der Waals surface area contributed by atoms with Gasteiger partial charge in [0, 0.05) is 41.9 Å². The van der Waals surface area contributed by atoms with Gasteiger partial charge in [-0.25, -0.2) is 22.5 Å². The number of nitrogens with zero attached hydrogens (tertiary/aromatic N) is 12. The van der Waals surface area contributed by atoms with Crippen molar-refractivity contribution in [2.24, 2.45) is 164 Å². The summed E-state index contributed by atoms with van der Waals surface area (Å²) in [6, 6.07) is 21.1. The number of fused-ring (bicyclic) bond motifs is 24. The quantitative estimate of drug-likeness (QED) is 0.0700. The van der Waals surface area contributed by atoms with Crippen molar-refractivity contribution in [3.05, 3.63) is 96.3 Å². The Labute approximate surface area is 796 Å². The van der Waals surface area contributed by atoms with Crippen molar-refractivity contribution in [1.82, 2.24) is 60.0 Å². The lowest BCUT2D eigenvalue weighted by Crippen LogP contribution is -2.51. The molecule has 32 atom stereocenters. The summed E-state index contributed by atoms with van der Waals surface area (Å²) >= 11 is 0. The molecule has 8 aromatic rings. The van der Waals surface area contributed by atoms with Gasteiger partial charge in [-0.15, -0.1) is 10.2 Å². The van der Waals surface area contributed by atoms with Crippen LogP contribution in [0.4, 0.5) is 13.2 Å². The Morgan fingerprint density at radius 2 is 0.593 bits per heavy atom. The van der Waals surface area contributed by atoms with Crippen LogP contribution in [0.25, 0.3) is 44.1 Å². The molecule has 16 saturated carbocycles. The number of rotatable bonds is 16. The summed E-state index contributed by atoms with van der Waals surface area (Å²) in [6.07, 6.45) is 44.5. The van der Waals surface area contributed by atoms with E-state index < -0.39 is 22.4 Å². The Morgan fingerprint density at radius 3 is 0.948 bits per heavy atom. The highest BCUT2D eigenvalue weighted by Crippen LogP contribution is 2.71. The molecule has 4 heterocycles. The number of halogens is 3. The standard InChI is InChI=1S/3C28H38FN3O2.C28H39N3O2/c1-3-28(34)13-11-19-17(15-28)4-6-21-20(19)10-12-27(2)22(21)7-8-23(27)26(33)16-32-25-9-5-18(29)14-24(25)30-31-32;1-3-28(34)13-11-19-17(15-28)4-6-21-20(19)10-12-27(2)22(21)7-8-23(27)26(33)16-32-25-14-18(29)5-9-24(25)30-31-32;1-3-28(34)13-11-19-17(15-28)4-6-21-20(19)10-12-27(2)22(21)7-8-23(27)26(33)16-32-30-24-9-5-18(29)14-25(24)31-32;1-3-28(33)15-13-19-18(16-28)8-9-21-20(19)12-14-27(2)22(21)10-11-23(27)26(32)17-31-29-24-6-4-5-7-25(24)30-31/h3*5,9,14,17,19-23,34H,3-4,6-8,10-13,15-16H2,1-2H3;4-7,18-23,33H,3,8-17H2,1-2H3/t3*17-,19-,20+,21+,22-,23+,27-,28+;18-,19-,20+,21+,22-,23+,27-,28+/m0000/s1. The molecular formula is C112H153F3N12O8. The molecule has 0 saturated heterocycles. The molecule has 16 aliphatic rings. The fraction of sp³-hybridized carbons (Fsp3) is 0.750. The monoisotopic (exact) mass is 1850 g/mol. The van der Waals surface area contributed by atoms with Gasteiger partial charge in [-0.05, 0) is 445 Å². The molecule has 0 amide bonds. The summed E-state index contributed by atoms with van der Waals surface area (Å²) in [5.41, 5.74) is 3.95. The van der Waals surface area contributed by atoms with Crippen LogP contribution in [0, 0.1) is 181 Å². The third-order valence-electron chi connectivity index (χ3n) is 43.5. The highest BCUT2D eigenvalue weighted by Gasteiger charge is 2.65. The largest absolute Gasteiger partial charge is 0.390 e. The molecule has 0 spiro atoms. The van der Waals surface area contributed by atoms with Crippen molar-refractivity contribution in [3.8, 4) is 0 Å². The average Bonchev–Trinajstić information content (AvgIpc) is 1.63. The van der Waals surface area contributed by atoms with E-state index >= 15 is 0 Å². The zero-order chi connectivity index (χ0) is 93.8. The van der Waals surface area contributed by atoms with Crippen molar-refractivity contribution < 1.29 is 52.8 Å². The van der Waals surface area contributed by atoms with Gasteiger partial charge >= 0.3 is 0 Å². The number of carbonyl (C=O) groups is 4. The minimum Gasteiger partial charge on any atom is -0.390 e. The number of Topliss-reactive ketones (excluding diaryl/α,β-unsaturated/α-hetero) is 4. The molecule has 730 valence electrons. The number of benzene rings is 4. The topological polar surface area (TPSA) is 272 Å². The van der Waals surface area contributed by atoms with Gasteiger partial charge in [0.25, 0.3) is 0 Å². The van der Waals surface area contributed by atoms with Gasteiger partial charge in [-0.2, -0.15) is 30.0 Å². The maximum absolute atomic E-state index is 13.8. The smallest absolute Gasteiger partial charge is 0.159 e. The van der Waals surface area contributed by atoms with Gasteiger partial charge in [0.1, 0.15) is 76.7 Å². The summed E-state index contributed by atoms with van der Waals surface area (Å²) in [5.74, 6) is 15.0. The van der Waals surface area contributed by atoms with E-state index in [1.54, 1.807) is 32.4 Å². The van der Waals surface area contributed by atoms with E-state index in [4.69, 9.17) is 0 Å². The van der Waals surface area contributed by atoms with E-state index in [0.29, 0.717) is 87.3 Å². The Hall–Kier alpha value is -7.21. The molecule has 24 rings (SSSR count). The van der Waals surface area contributed by atoms with Crippen LogP contribution in [0.3, 0.4) is 0 Å². The first-order chi connectivity index (χ1) is 64.8. The summed E-state index contributed by atoms with van der Waals surface area (Å²) in [6.45, 7) is 19.0. The number of aromatic nitrogens is 12. The fourth-order valence-corrected chi connectivity index (χ4v) is 36.4. The van der Waals surface area contributed by atoms with Crippen LogP contribution in [0.2, 0.25) is 0 Å². The second-order valence-electron chi connectivity index (χ2n) is 48.9. The molecule has 0 radical (unpaired) electrons. The SMILES string of the molecule is CC[C@@]1(O)CC[C@H]2[C@@H](CC[C@@H]3[C@@H]2CC[C@]2(C)[C@@H](C(=O)Cn4nc5ccc(F)cc5n4)CC[C@@H]32)C1.CC[C@@]1(O)CC[C@H]2[C@@H](CC[C@@H]3[C@@H]2CC[C@]2(C)[C@@H](C(=O)Cn4nc5ccccc5n4)CC[C@@H]32)C1.CC[C@@]1(O)CC[C@H]2[C@@H](CC[C@@H]3[C@@H]2CC[C@]2(C)[C@@H](C(=O)Cn4nnc5cc(F)ccc54)CC[C@@H]32)C1.CC[C@@]1(O)CC[C@H]2[C@@H](CC[C@@H]3[C@@H]2CC[C@]2(C)[C@@H](C(=O)Cn4nnc5ccc(F)cc54)CC[C@@H]32)C1. The fourth-order valence-electron chi connectivity index (χ4n) is 36.4. The lowest BCUT2D eigenvalue weighted by molar-refractivity contribution is -0.134. The van der Waals surface area contributed by atoms with Gasteiger partial charge in [-0.3, -0.25) is 19.2 Å². The number of aliphatic hydroxyl groups is 4. The van der Waals surface area contributed by atoms with Gasteiger partial charge < -0.3 is 20.4 Å². The van der Waals surface area contributed by atoms with Crippen molar-refractivity contribution >= 4 is 67.3 Å². The lowest BCUT2D eigenvalue weighted by Gasteiger charge is -2.57. The van der Waals surface area contributed by atoms with Crippen molar-refractivity contribution in [2.75, 3.05) is 0 Å². The molecule has 4 N–H and O–H groups in total. The average molecular weight is 1850 g/mol. The Bertz CT molecular complexity index is 5670. The first-order valence-corrected chi connectivity index (χ1v) is 54.1. The second kappa shape index (κ2) is 36.4. The molecule has 23 heteroatoms. The number of carbonyl (C=O) groups excluding carboxylic acids is 4. The third-order valence-corrected chi connectivity index (χ3v) is 43.5. The third kappa shape index (κ3) is 17.0. The van der Waals surface area contributed by atoms with E-state index in [2.05, 4.69) is 96.4 Å². The molecule has 135 heavy (non-hydrogen) atoms. The molecule has 16 fully saturated rings. The minimum absolute atomic E-state index is 0.0560.